The third-order valence-corrected chi connectivity index (χ3v) is 6.87. The maximum atomic E-state index is 13.7. The van der Waals surface area contributed by atoms with Crippen molar-refractivity contribution in [3.05, 3.63) is 72.3 Å². The summed E-state index contributed by atoms with van der Waals surface area (Å²) in [5.41, 5.74) is 6.05. The van der Waals surface area contributed by atoms with Crippen molar-refractivity contribution in [2.75, 3.05) is 37.0 Å². The first-order chi connectivity index (χ1) is 17.2. The minimum atomic E-state index is -4.22. The van der Waals surface area contributed by atoms with E-state index in [1.807, 2.05) is 6.92 Å². The number of nitrogens with zero attached hydrogens (tertiary/aromatic N) is 1. The van der Waals surface area contributed by atoms with Crippen molar-refractivity contribution in [2.45, 2.75) is 11.8 Å². The molecule has 0 aliphatic carbocycles. The average Bonchev–Trinajstić information content (AvgIpc) is 2.87. The van der Waals surface area contributed by atoms with Crippen LogP contribution in [0.5, 0.6) is 17.2 Å². The van der Waals surface area contributed by atoms with E-state index < -0.39 is 28.4 Å². The van der Waals surface area contributed by atoms with Crippen molar-refractivity contribution >= 4 is 33.2 Å². The van der Waals surface area contributed by atoms with Crippen LogP contribution in [0.15, 0.2) is 71.6 Å². The van der Waals surface area contributed by atoms with Gasteiger partial charge >= 0.3 is 0 Å². The van der Waals surface area contributed by atoms with Gasteiger partial charge in [-0.3, -0.25) is 13.9 Å². The smallest absolute Gasteiger partial charge is 0.264 e. The molecule has 36 heavy (non-hydrogen) atoms. The Morgan fingerprint density at radius 1 is 0.944 bits per heavy atom. The molecule has 0 atom stereocenters. The number of anilines is 2. The average molecular weight is 514 g/mol. The van der Waals surface area contributed by atoms with Gasteiger partial charge in [-0.15, -0.1) is 0 Å². The Bertz CT molecular complexity index is 1340. The summed E-state index contributed by atoms with van der Waals surface area (Å²) in [7, 11) is -1.39. The van der Waals surface area contributed by atoms with E-state index in [1.165, 1.54) is 44.6 Å². The molecule has 0 unspecified atom stereocenters. The summed E-state index contributed by atoms with van der Waals surface area (Å²) in [6, 6.07) is 16.5. The fourth-order valence-corrected chi connectivity index (χ4v) is 4.81. The molecular formula is C25H27N3O7S. The van der Waals surface area contributed by atoms with E-state index in [-0.39, 0.29) is 21.9 Å². The Labute approximate surface area is 209 Å². The minimum Gasteiger partial charge on any atom is -0.494 e. The zero-order valence-electron chi connectivity index (χ0n) is 20.1. The normalized spacial score (nSPS) is 10.9. The number of nitrogens with one attached hydrogen (secondary N) is 1. The molecule has 3 rings (SSSR count). The molecule has 0 saturated carbocycles. The summed E-state index contributed by atoms with van der Waals surface area (Å²) in [5.74, 6) is -0.154. The molecule has 3 aromatic rings. The topological polar surface area (TPSA) is 137 Å². The van der Waals surface area contributed by atoms with Crippen molar-refractivity contribution in [1.82, 2.24) is 0 Å². The second-order valence-corrected chi connectivity index (χ2v) is 9.31. The fraction of sp³-hybridized carbons (Fsp3) is 0.200. The van der Waals surface area contributed by atoms with E-state index in [0.29, 0.717) is 23.8 Å². The van der Waals surface area contributed by atoms with Gasteiger partial charge in [-0.2, -0.15) is 0 Å². The van der Waals surface area contributed by atoms with Gasteiger partial charge in [0.15, 0.2) is 11.5 Å². The van der Waals surface area contributed by atoms with Gasteiger partial charge < -0.3 is 25.3 Å². The first-order valence-corrected chi connectivity index (χ1v) is 12.3. The molecule has 0 aliphatic heterocycles. The number of ether oxygens (including phenoxy) is 3. The van der Waals surface area contributed by atoms with Crippen molar-refractivity contribution in [2.24, 2.45) is 5.73 Å². The molecule has 3 N–H and O–H groups in total. The number of hydrogen-bond donors (Lipinski definition) is 2. The molecule has 2 amide bonds. The Morgan fingerprint density at radius 3 is 2.25 bits per heavy atom. The molecule has 0 bridgehead atoms. The van der Waals surface area contributed by atoms with Crippen molar-refractivity contribution in [1.29, 1.82) is 0 Å². The highest BCUT2D eigenvalue weighted by Gasteiger charge is 2.28. The highest BCUT2D eigenvalue weighted by Crippen LogP contribution is 2.32. The van der Waals surface area contributed by atoms with Gasteiger partial charge in [0.1, 0.15) is 12.3 Å². The maximum Gasteiger partial charge on any atom is 0.264 e. The van der Waals surface area contributed by atoms with E-state index in [2.05, 4.69) is 5.32 Å². The second kappa shape index (κ2) is 11.5. The van der Waals surface area contributed by atoms with Crippen LogP contribution in [0.1, 0.15) is 17.3 Å². The van der Waals surface area contributed by atoms with Crippen LogP contribution < -0.4 is 29.6 Å². The summed E-state index contributed by atoms with van der Waals surface area (Å²) in [6.45, 7) is 1.73. The summed E-state index contributed by atoms with van der Waals surface area (Å²) in [5, 5.41) is 2.61. The van der Waals surface area contributed by atoms with Crippen LogP contribution in [-0.2, 0) is 14.8 Å². The molecule has 0 saturated heterocycles. The number of sulfonamides is 1. The lowest BCUT2D eigenvalue weighted by Crippen LogP contribution is -2.38. The molecule has 0 spiro atoms. The molecule has 0 aromatic heterocycles. The lowest BCUT2D eigenvalue weighted by Gasteiger charge is -2.25. The van der Waals surface area contributed by atoms with Crippen molar-refractivity contribution in [3.8, 4) is 17.2 Å². The quantitative estimate of drug-likeness (QED) is 0.402. The lowest BCUT2D eigenvalue weighted by molar-refractivity contribution is -0.114. The monoisotopic (exact) mass is 513 g/mol. The number of nitrogens with two attached hydrogens (primary N) is 1. The molecule has 3 aromatic carbocycles. The molecule has 11 heteroatoms. The molecule has 0 aliphatic rings. The van der Waals surface area contributed by atoms with Crippen LogP contribution in [0.3, 0.4) is 0 Å². The van der Waals surface area contributed by atoms with Crippen molar-refractivity contribution in [3.63, 3.8) is 0 Å². The first-order valence-electron chi connectivity index (χ1n) is 10.9. The van der Waals surface area contributed by atoms with E-state index in [0.717, 1.165) is 4.31 Å². The van der Waals surface area contributed by atoms with E-state index in [9.17, 15) is 18.0 Å². The fourth-order valence-electron chi connectivity index (χ4n) is 3.38. The highest BCUT2D eigenvalue weighted by atomic mass is 32.2. The summed E-state index contributed by atoms with van der Waals surface area (Å²) in [4.78, 5) is 24.3. The standard InChI is InChI=1S/C25H27N3O7S/c1-4-35-20-10-8-19(9-11-20)28(16-24(29)27-18-7-5-6-17(14-18)25(26)30)36(31,32)21-12-13-22(33-2)23(15-21)34-3/h5-15H,4,16H2,1-3H3,(H2,26,30)(H,27,29). The molecule has 0 fully saturated rings. The predicted octanol–water partition coefficient (Wildman–Crippen LogP) is 3.04. The molecular weight excluding hydrogens is 486 g/mol. The molecule has 190 valence electrons. The van der Waals surface area contributed by atoms with Crippen molar-refractivity contribution < 1.29 is 32.2 Å². The Hall–Kier alpha value is -4.25. The van der Waals surface area contributed by atoms with Crippen LogP contribution >= 0.6 is 0 Å². The number of benzene rings is 3. The maximum absolute atomic E-state index is 13.7. The van der Waals surface area contributed by atoms with Gasteiger partial charge in [0, 0.05) is 17.3 Å². The van der Waals surface area contributed by atoms with Gasteiger partial charge in [-0.25, -0.2) is 8.42 Å². The van der Waals surface area contributed by atoms with Crippen LogP contribution in [0, 0.1) is 0 Å². The number of carbonyl (C=O) groups excluding carboxylic acids is 2. The predicted molar refractivity (Wildman–Crippen MR) is 135 cm³/mol. The lowest BCUT2D eigenvalue weighted by atomic mass is 10.2. The number of carbonyl (C=O) groups is 2. The highest BCUT2D eigenvalue weighted by molar-refractivity contribution is 7.92. The largest absolute Gasteiger partial charge is 0.494 e. The SMILES string of the molecule is CCOc1ccc(N(CC(=O)Nc2cccc(C(N)=O)c2)S(=O)(=O)c2ccc(OC)c(OC)c2)cc1. The Kier molecular flexibility index (Phi) is 8.38. The minimum absolute atomic E-state index is 0.0995. The number of rotatable bonds is 11. The van der Waals surface area contributed by atoms with Crippen LogP contribution in [-0.4, -0.2) is 47.6 Å². The van der Waals surface area contributed by atoms with Gasteiger partial charge in [0.05, 0.1) is 31.4 Å². The summed E-state index contributed by atoms with van der Waals surface area (Å²) < 4.78 is 44.3. The molecule has 10 nitrogen and oxygen atoms in total. The van der Waals surface area contributed by atoms with Crippen LogP contribution in [0.25, 0.3) is 0 Å². The third-order valence-electron chi connectivity index (χ3n) is 5.10. The van der Waals surface area contributed by atoms with Gasteiger partial charge in [-0.05, 0) is 61.5 Å². The van der Waals surface area contributed by atoms with Crippen LogP contribution in [0.2, 0.25) is 0 Å². The Morgan fingerprint density at radius 2 is 1.64 bits per heavy atom. The molecule has 0 radical (unpaired) electrons. The van der Waals surface area contributed by atoms with E-state index >= 15 is 0 Å². The summed E-state index contributed by atoms with van der Waals surface area (Å²) >= 11 is 0. The van der Waals surface area contributed by atoms with Gasteiger partial charge in [0.25, 0.3) is 10.0 Å². The first kappa shape index (κ1) is 26.4. The zero-order valence-corrected chi connectivity index (χ0v) is 20.9. The van der Waals surface area contributed by atoms with Gasteiger partial charge in [0.2, 0.25) is 11.8 Å². The Balaban J connectivity index is 1.98. The zero-order chi connectivity index (χ0) is 26.3. The van der Waals surface area contributed by atoms with Crippen LogP contribution in [0.4, 0.5) is 11.4 Å². The van der Waals surface area contributed by atoms with E-state index in [1.54, 1.807) is 36.4 Å². The number of primary amides is 1. The summed E-state index contributed by atoms with van der Waals surface area (Å²) in [6.07, 6.45) is 0. The third kappa shape index (κ3) is 6.05. The van der Waals surface area contributed by atoms with Gasteiger partial charge in [-0.1, -0.05) is 6.07 Å². The number of hydrogen-bond acceptors (Lipinski definition) is 7. The molecule has 0 heterocycles. The number of amides is 2. The number of methoxy groups -OCH3 is 2. The second-order valence-electron chi connectivity index (χ2n) is 7.45. The van der Waals surface area contributed by atoms with E-state index in [4.69, 9.17) is 19.9 Å².